The topological polar surface area (TPSA) is 55.4 Å². The van der Waals surface area contributed by atoms with Gasteiger partial charge in [0.1, 0.15) is 11.5 Å². The molecule has 1 N–H and O–H groups in total. The van der Waals surface area contributed by atoms with Gasteiger partial charge in [-0.3, -0.25) is 9.59 Å². The van der Waals surface area contributed by atoms with Crippen molar-refractivity contribution in [2.45, 2.75) is 38.0 Å². The molecule has 0 bridgehead atoms. The van der Waals surface area contributed by atoms with Crippen molar-refractivity contribution in [3.63, 3.8) is 0 Å². The largest absolute Gasteiger partial charge is 0.496 e. The van der Waals surface area contributed by atoms with E-state index in [-0.39, 0.29) is 11.3 Å². The fourth-order valence-electron chi connectivity index (χ4n) is 3.44. The number of hydrogen-bond donors (Lipinski definition) is 1. The maximum absolute atomic E-state index is 12.7. The van der Waals surface area contributed by atoms with E-state index in [4.69, 9.17) is 4.74 Å². The lowest BCUT2D eigenvalue weighted by Gasteiger charge is -2.36. The number of ketones is 1. The Labute approximate surface area is 152 Å². The Balaban J connectivity index is 1.79. The molecule has 1 aliphatic carbocycles. The zero-order chi connectivity index (χ0) is 17.9. The zero-order valence-electron chi connectivity index (χ0n) is 14.6. The molecule has 1 aromatic carbocycles. The zero-order valence-corrected chi connectivity index (χ0v) is 15.4. The van der Waals surface area contributed by atoms with Gasteiger partial charge in [-0.2, -0.15) is 0 Å². The van der Waals surface area contributed by atoms with Gasteiger partial charge in [-0.05, 0) is 43.3 Å². The Kier molecular flexibility index (Phi) is 5.23. The van der Waals surface area contributed by atoms with Crippen LogP contribution in [-0.2, 0) is 10.2 Å². The predicted molar refractivity (Wildman–Crippen MR) is 99.5 cm³/mol. The quantitative estimate of drug-likeness (QED) is 0.884. The third kappa shape index (κ3) is 3.76. The van der Waals surface area contributed by atoms with Gasteiger partial charge >= 0.3 is 0 Å². The first-order chi connectivity index (χ1) is 12.0. The van der Waals surface area contributed by atoms with Crippen molar-refractivity contribution >= 4 is 23.0 Å². The van der Waals surface area contributed by atoms with E-state index in [0.29, 0.717) is 36.5 Å². The third-order valence-electron chi connectivity index (χ3n) is 5.00. The monoisotopic (exact) mass is 357 g/mol. The van der Waals surface area contributed by atoms with Gasteiger partial charge in [0, 0.05) is 29.7 Å². The number of carbonyl (C=O) groups excluding carboxylic acids is 2. The van der Waals surface area contributed by atoms with Gasteiger partial charge in [-0.25, -0.2) is 0 Å². The highest BCUT2D eigenvalue weighted by Gasteiger charge is 2.37. The summed E-state index contributed by atoms with van der Waals surface area (Å²) in [6.45, 7) is 2.49. The molecule has 25 heavy (non-hydrogen) atoms. The number of thiophene rings is 1. The first-order valence-electron chi connectivity index (χ1n) is 8.53. The van der Waals surface area contributed by atoms with Crippen molar-refractivity contribution in [3.8, 4) is 5.75 Å². The molecule has 5 heteroatoms. The summed E-state index contributed by atoms with van der Waals surface area (Å²) in [6, 6.07) is 9.73. The first-order valence-corrected chi connectivity index (χ1v) is 9.40. The molecule has 0 saturated heterocycles. The van der Waals surface area contributed by atoms with Gasteiger partial charge in [-0.15, -0.1) is 11.3 Å². The summed E-state index contributed by atoms with van der Waals surface area (Å²) in [7, 11) is 1.57. The minimum atomic E-state index is -0.144. The molecule has 1 aromatic heterocycles. The summed E-state index contributed by atoms with van der Waals surface area (Å²) in [5.41, 5.74) is 1.42. The Morgan fingerprint density at radius 3 is 2.68 bits per heavy atom. The number of Topliss-reactive ketones (excluding diaryl/α,β-unsaturated/α-hetero) is 1. The van der Waals surface area contributed by atoms with Crippen molar-refractivity contribution in [2.24, 2.45) is 0 Å². The molecule has 0 atom stereocenters. The van der Waals surface area contributed by atoms with Crippen molar-refractivity contribution in [1.82, 2.24) is 5.32 Å². The molecule has 1 amide bonds. The molecule has 0 radical (unpaired) electrons. The number of nitrogens with one attached hydrogen (secondary N) is 1. The Hall–Kier alpha value is -2.14. The molecule has 1 aliphatic rings. The lowest BCUT2D eigenvalue weighted by Crippen LogP contribution is -2.43. The second kappa shape index (κ2) is 7.40. The van der Waals surface area contributed by atoms with E-state index in [1.54, 1.807) is 18.4 Å². The number of methoxy groups -OCH3 is 1. The summed E-state index contributed by atoms with van der Waals surface area (Å²) < 4.78 is 5.32. The maximum atomic E-state index is 12.7. The normalized spacial score (nSPS) is 16.5. The van der Waals surface area contributed by atoms with Crippen LogP contribution in [0.25, 0.3) is 0 Å². The summed E-state index contributed by atoms with van der Waals surface area (Å²) in [6.07, 6.45) is 2.75. The highest BCUT2D eigenvalue weighted by molar-refractivity contribution is 7.10. The molecule has 132 valence electrons. The fraction of sp³-hybridized carbons (Fsp3) is 0.400. The molecule has 0 spiro atoms. The Bertz CT molecular complexity index is 757. The van der Waals surface area contributed by atoms with Crippen LogP contribution in [0.15, 0.2) is 35.7 Å². The van der Waals surface area contributed by atoms with Crippen LogP contribution in [0.4, 0.5) is 0 Å². The first kappa shape index (κ1) is 17.7. The van der Waals surface area contributed by atoms with Crippen LogP contribution in [-0.4, -0.2) is 25.3 Å². The highest BCUT2D eigenvalue weighted by atomic mass is 32.1. The summed E-state index contributed by atoms with van der Waals surface area (Å²) in [5.74, 6) is 0.763. The van der Waals surface area contributed by atoms with Gasteiger partial charge in [0.25, 0.3) is 5.91 Å². The molecule has 1 fully saturated rings. The van der Waals surface area contributed by atoms with E-state index < -0.39 is 0 Å². The van der Waals surface area contributed by atoms with Gasteiger partial charge in [0.15, 0.2) is 0 Å². The summed E-state index contributed by atoms with van der Waals surface area (Å²) in [4.78, 5) is 25.7. The summed E-state index contributed by atoms with van der Waals surface area (Å²) in [5, 5.41) is 5.15. The van der Waals surface area contributed by atoms with Crippen molar-refractivity contribution < 1.29 is 14.3 Å². The minimum Gasteiger partial charge on any atom is -0.496 e. The molecule has 0 aliphatic heterocycles. The molecule has 1 heterocycles. The van der Waals surface area contributed by atoms with Crippen LogP contribution >= 0.6 is 11.3 Å². The van der Waals surface area contributed by atoms with E-state index >= 15 is 0 Å². The number of aryl methyl sites for hydroxylation is 1. The average Bonchev–Trinajstić information content (AvgIpc) is 3.16. The third-order valence-corrected chi connectivity index (χ3v) is 6.11. The van der Waals surface area contributed by atoms with E-state index in [2.05, 4.69) is 16.8 Å². The lowest BCUT2D eigenvalue weighted by molar-refractivity contribution is -0.121. The number of benzene rings is 1. The van der Waals surface area contributed by atoms with E-state index in [1.165, 1.54) is 4.88 Å². The van der Waals surface area contributed by atoms with Crippen LogP contribution in [0.5, 0.6) is 5.75 Å². The highest BCUT2D eigenvalue weighted by Crippen LogP contribution is 2.40. The van der Waals surface area contributed by atoms with Crippen molar-refractivity contribution in [2.75, 3.05) is 13.7 Å². The number of hydrogen-bond acceptors (Lipinski definition) is 4. The lowest BCUT2D eigenvalue weighted by atomic mass is 9.72. The number of amides is 1. The Morgan fingerprint density at radius 2 is 2.04 bits per heavy atom. The standard InChI is InChI=1S/C20H23NO3S/c1-14-5-6-17(24-2)16(12-14)19(23)21-13-20(18-4-3-11-25-18)9-7-15(22)8-10-20/h3-6,11-12H,7-10,13H2,1-2H3,(H,21,23). The number of carbonyl (C=O) groups is 2. The van der Waals surface area contributed by atoms with Gasteiger partial charge < -0.3 is 10.1 Å². The molecule has 3 rings (SSSR count). The van der Waals surface area contributed by atoms with Gasteiger partial charge in [0.2, 0.25) is 0 Å². The van der Waals surface area contributed by atoms with Gasteiger partial charge in [-0.1, -0.05) is 17.7 Å². The van der Waals surface area contributed by atoms with Crippen LogP contribution in [0.2, 0.25) is 0 Å². The molecule has 0 unspecified atom stereocenters. The fourth-order valence-corrected chi connectivity index (χ4v) is 4.43. The van der Waals surface area contributed by atoms with E-state index in [1.807, 2.05) is 31.2 Å². The van der Waals surface area contributed by atoms with E-state index in [9.17, 15) is 9.59 Å². The summed E-state index contributed by atoms with van der Waals surface area (Å²) >= 11 is 1.70. The molecule has 1 saturated carbocycles. The second-order valence-corrected chi connectivity index (χ2v) is 7.63. The van der Waals surface area contributed by atoms with Crippen molar-refractivity contribution in [1.29, 1.82) is 0 Å². The average molecular weight is 357 g/mol. The minimum absolute atomic E-state index is 0.131. The smallest absolute Gasteiger partial charge is 0.255 e. The van der Waals surface area contributed by atoms with Crippen LogP contribution in [0.3, 0.4) is 0 Å². The Morgan fingerprint density at radius 1 is 1.28 bits per heavy atom. The number of ether oxygens (including phenoxy) is 1. The molecular formula is C20H23NO3S. The molecule has 2 aromatic rings. The van der Waals surface area contributed by atoms with Crippen LogP contribution in [0, 0.1) is 6.92 Å². The number of rotatable bonds is 5. The van der Waals surface area contributed by atoms with E-state index in [0.717, 1.165) is 18.4 Å². The second-order valence-electron chi connectivity index (χ2n) is 6.68. The van der Waals surface area contributed by atoms with Crippen LogP contribution in [0.1, 0.15) is 46.5 Å². The van der Waals surface area contributed by atoms with Gasteiger partial charge in [0.05, 0.1) is 12.7 Å². The molecule has 4 nitrogen and oxygen atoms in total. The SMILES string of the molecule is COc1ccc(C)cc1C(=O)NCC1(c2cccs2)CCC(=O)CC1. The van der Waals surface area contributed by atoms with Crippen molar-refractivity contribution in [3.05, 3.63) is 51.7 Å². The molecular weight excluding hydrogens is 334 g/mol. The van der Waals surface area contributed by atoms with Crippen LogP contribution < -0.4 is 10.1 Å². The maximum Gasteiger partial charge on any atom is 0.255 e. The predicted octanol–water partition coefficient (Wildman–Crippen LogP) is 3.88.